The van der Waals surface area contributed by atoms with Gasteiger partial charge in [0.1, 0.15) is 0 Å². The van der Waals surface area contributed by atoms with Gasteiger partial charge in [0, 0.05) is 36.2 Å². The third-order valence-electron chi connectivity index (χ3n) is 2.92. The summed E-state index contributed by atoms with van der Waals surface area (Å²) < 4.78 is 6.55. The molecule has 23 heavy (non-hydrogen) atoms. The van der Waals surface area contributed by atoms with Gasteiger partial charge in [-0.25, -0.2) is 4.79 Å². The van der Waals surface area contributed by atoms with E-state index in [1.54, 1.807) is 0 Å². The number of hydrogen-bond acceptors (Lipinski definition) is 7. The molecular formula is C13H11N5O4S. The average Bonchev–Trinajstić information content (AvgIpc) is 3.17. The summed E-state index contributed by atoms with van der Waals surface area (Å²) >= 11 is 1.49. The van der Waals surface area contributed by atoms with Crippen molar-refractivity contribution in [3.05, 3.63) is 49.9 Å². The van der Waals surface area contributed by atoms with Crippen LogP contribution in [0, 0.1) is 0 Å². The SMILES string of the molecule is O=C(CCn1ccc(=O)[nH]c1=O)Nc1nnc(-c2ccsc2)o1. The van der Waals surface area contributed by atoms with Crippen LogP contribution in [-0.4, -0.2) is 25.7 Å². The molecule has 9 nitrogen and oxygen atoms in total. The summed E-state index contributed by atoms with van der Waals surface area (Å²) in [6.45, 7) is 0.118. The van der Waals surface area contributed by atoms with E-state index in [0.29, 0.717) is 5.89 Å². The Balaban J connectivity index is 1.59. The molecule has 1 amide bonds. The number of hydrogen-bond donors (Lipinski definition) is 2. The highest BCUT2D eigenvalue weighted by molar-refractivity contribution is 7.08. The molecule has 0 fully saturated rings. The first kappa shape index (κ1) is 14.9. The standard InChI is InChI=1S/C13H11N5O4S/c19-9(1-4-18-5-2-10(20)15-13(18)21)14-12-17-16-11(22-12)8-3-6-23-7-8/h2-3,5-7H,1,4H2,(H,14,17,19)(H,15,20,21). The van der Waals surface area contributed by atoms with Crippen LogP contribution in [0.3, 0.4) is 0 Å². The van der Waals surface area contributed by atoms with Crippen molar-refractivity contribution in [2.24, 2.45) is 0 Å². The maximum Gasteiger partial charge on any atom is 0.328 e. The van der Waals surface area contributed by atoms with Gasteiger partial charge in [-0.1, -0.05) is 5.10 Å². The smallest absolute Gasteiger partial charge is 0.328 e. The Morgan fingerprint density at radius 1 is 1.35 bits per heavy atom. The molecule has 2 N–H and O–H groups in total. The molecule has 3 rings (SSSR count). The molecule has 0 saturated heterocycles. The van der Waals surface area contributed by atoms with E-state index in [0.717, 1.165) is 5.56 Å². The molecule has 0 aliphatic rings. The number of carbonyl (C=O) groups excluding carboxylic acids is 1. The molecule has 0 unspecified atom stereocenters. The molecular weight excluding hydrogens is 322 g/mol. The predicted molar refractivity (Wildman–Crippen MR) is 82.2 cm³/mol. The molecule has 10 heteroatoms. The molecule has 0 aromatic carbocycles. The molecule has 0 spiro atoms. The number of aryl methyl sites for hydroxylation is 1. The van der Waals surface area contributed by atoms with Gasteiger partial charge in [-0.2, -0.15) is 11.3 Å². The zero-order chi connectivity index (χ0) is 16.2. The highest BCUT2D eigenvalue weighted by atomic mass is 32.1. The Morgan fingerprint density at radius 3 is 2.96 bits per heavy atom. The third kappa shape index (κ3) is 3.61. The summed E-state index contributed by atoms with van der Waals surface area (Å²) in [5.74, 6) is -0.0676. The molecule has 0 atom stereocenters. The van der Waals surface area contributed by atoms with Crippen LogP contribution in [0.15, 0.2) is 43.1 Å². The van der Waals surface area contributed by atoms with Crippen LogP contribution in [0.5, 0.6) is 0 Å². The fourth-order valence-electron chi connectivity index (χ4n) is 1.80. The molecule has 0 aliphatic heterocycles. The van der Waals surface area contributed by atoms with Gasteiger partial charge in [-0.15, -0.1) is 5.10 Å². The van der Waals surface area contributed by atoms with Crippen molar-refractivity contribution in [3.63, 3.8) is 0 Å². The Labute approximate surface area is 132 Å². The van der Waals surface area contributed by atoms with Crippen LogP contribution in [0.2, 0.25) is 0 Å². The maximum atomic E-state index is 11.8. The molecule has 0 radical (unpaired) electrons. The quantitative estimate of drug-likeness (QED) is 0.707. The Bertz CT molecular complexity index is 924. The van der Waals surface area contributed by atoms with Crippen molar-refractivity contribution in [1.29, 1.82) is 0 Å². The fraction of sp³-hybridized carbons (Fsp3) is 0.154. The molecule has 3 aromatic heterocycles. The topological polar surface area (TPSA) is 123 Å². The number of carbonyl (C=O) groups is 1. The lowest BCUT2D eigenvalue weighted by atomic mass is 10.3. The Morgan fingerprint density at radius 2 is 2.22 bits per heavy atom. The molecule has 118 valence electrons. The number of nitrogens with zero attached hydrogens (tertiary/aromatic N) is 3. The van der Waals surface area contributed by atoms with Gasteiger partial charge in [-0.3, -0.25) is 19.9 Å². The summed E-state index contributed by atoms with van der Waals surface area (Å²) in [7, 11) is 0. The van der Waals surface area contributed by atoms with E-state index in [4.69, 9.17) is 4.42 Å². The minimum atomic E-state index is -0.567. The Kier molecular flexibility index (Phi) is 4.15. The molecule has 0 bridgehead atoms. The summed E-state index contributed by atoms with van der Waals surface area (Å²) in [5, 5.41) is 13.8. The van der Waals surface area contributed by atoms with E-state index in [2.05, 4.69) is 20.5 Å². The van der Waals surface area contributed by atoms with Crippen LogP contribution in [-0.2, 0) is 11.3 Å². The minimum Gasteiger partial charge on any atom is -0.403 e. The number of anilines is 1. The summed E-state index contributed by atoms with van der Waals surface area (Å²) in [5.41, 5.74) is -0.270. The number of aromatic amines is 1. The number of rotatable bonds is 5. The number of thiophene rings is 1. The van der Waals surface area contributed by atoms with E-state index in [-0.39, 0.29) is 24.9 Å². The molecule has 3 heterocycles. The van der Waals surface area contributed by atoms with Crippen LogP contribution in [0.25, 0.3) is 11.5 Å². The number of H-pyrrole nitrogens is 1. The van der Waals surface area contributed by atoms with Gasteiger partial charge in [-0.05, 0) is 11.4 Å². The van der Waals surface area contributed by atoms with Crippen LogP contribution in [0.1, 0.15) is 6.42 Å². The maximum absolute atomic E-state index is 11.8. The highest BCUT2D eigenvalue weighted by Gasteiger charge is 2.11. The van der Waals surface area contributed by atoms with E-state index < -0.39 is 11.2 Å². The third-order valence-corrected chi connectivity index (χ3v) is 3.60. The van der Waals surface area contributed by atoms with Gasteiger partial charge in [0.15, 0.2) is 0 Å². The van der Waals surface area contributed by atoms with Gasteiger partial charge in [0.2, 0.25) is 5.91 Å². The van der Waals surface area contributed by atoms with E-state index >= 15 is 0 Å². The first-order valence-corrected chi connectivity index (χ1v) is 7.52. The van der Waals surface area contributed by atoms with Gasteiger partial charge >= 0.3 is 11.7 Å². The van der Waals surface area contributed by atoms with E-state index in [1.807, 2.05) is 16.8 Å². The lowest BCUT2D eigenvalue weighted by Crippen LogP contribution is -2.29. The van der Waals surface area contributed by atoms with Crippen LogP contribution < -0.4 is 16.6 Å². The highest BCUT2D eigenvalue weighted by Crippen LogP contribution is 2.21. The van der Waals surface area contributed by atoms with Gasteiger partial charge in [0.05, 0.1) is 0 Å². The fourth-order valence-corrected chi connectivity index (χ4v) is 2.43. The lowest BCUT2D eigenvalue weighted by Gasteiger charge is -2.03. The number of amides is 1. The van der Waals surface area contributed by atoms with Crippen molar-refractivity contribution in [3.8, 4) is 11.5 Å². The van der Waals surface area contributed by atoms with Crippen LogP contribution >= 0.6 is 11.3 Å². The zero-order valence-corrected chi connectivity index (χ0v) is 12.5. The summed E-state index contributed by atoms with van der Waals surface area (Å²) in [6.07, 6.45) is 1.35. The first-order valence-electron chi connectivity index (χ1n) is 6.57. The van der Waals surface area contributed by atoms with Crippen molar-refractivity contribution in [2.45, 2.75) is 13.0 Å². The summed E-state index contributed by atoms with van der Waals surface area (Å²) in [4.78, 5) is 36.4. The Hall–Kier alpha value is -3.01. The van der Waals surface area contributed by atoms with E-state index in [9.17, 15) is 14.4 Å². The van der Waals surface area contributed by atoms with Crippen molar-refractivity contribution in [2.75, 3.05) is 5.32 Å². The zero-order valence-electron chi connectivity index (χ0n) is 11.7. The monoisotopic (exact) mass is 333 g/mol. The second kappa shape index (κ2) is 6.40. The van der Waals surface area contributed by atoms with Crippen molar-refractivity contribution < 1.29 is 9.21 Å². The second-order valence-electron chi connectivity index (χ2n) is 4.53. The normalized spacial score (nSPS) is 10.6. The minimum absolute atomic E-state index is 0.00924. The molecule has 0 aliphatic carbocycles. The second-order valence-corrected chi connectivity index (χ2v) is 5.31. The van der Waals surface area contributed by atoms with E-state index in [1.165, 1.54) is 28.2 Å². The number of nitrogens with one attached hydrogen (secondary N) is 2. The number of aromatic nitrogens is 4. The van der Waals surface area contributed by atoms with Crippen molar-refractivity contribution >= 4 is 23.3 Å². The largest absolute Gasteiger partial charge is 0.403 e. The van der Waals surface area contributed by atoms with Crippen LogP contribution in [0.4, 0.5) is 6.01 Å². The molecule has 0 saturated carbocycles. The van der Waals surface area contributed by atoms with Crippen molar-refractivity contribution in [1.82, 2.24) is 19.7 Å². The lowest BCUT2D eigenvalue weighted by molar-refractivity contribution is -0.116. The summed E-state index contributed by atoms with van der Waals surface area (Å²) in [6, 6.07) is 3.03. The molecule has 3 aromatic rings. The van der Waals surface area contributed by atoms with Gasteiger partial charge < -0.3 is 8.98 Å². The average molecular weight is 333 g/mol. The predicted octanol–water partition coefficient (Wildman–Crippen LogP) is 0.677. The first-order chi connectivity index (χ1) is 11.1. The van der Waals surface area contributed by atoms with Gasteiger partial charge in [0.25, 0.3) is 11.4 Å².